The standard InChI is InChI=1S/C20H17Cl2N3O2S2/c1-2-3-10-29(27)13-7-4-6-12(11-13)24-20-25-19(23)18(28-20)17(26)16-14(21)8-5-9-15(16)22/h2,4-9,11H,1,3,10,23H2,(H,24,25). The van der Waals surface area contributed by atoms with Crippen molar-refractivity contribution in [1.82, 2.24) is 4.98 Å². The van der Waals surface area contributed by atoms with Crippen molar-refractivity contribution in [3.63, 3.8) is 0 Å². The predicted molar refractivity (Wildman–Crippen MR) is 122 cm³/mol. The summed E-state index contributed by atoms with van der Waals surface area (Å²) in [4.78, 5) is 18.0. The number of nitrogens with zero attached hydrogens (tertiary/aromatic N) is 1. The van der Waals surface area contributed by atoms with Gasteiger partial charge in [0.2, 0.25) is 5.78 Å². The first kappa shape index (κ1) is 21.5. The van der Waals surface area contributed by atoms with Gasteiger partial charge in [-0.1, -0.05) is 52.7 Å². The Bertz CT molecular complexity index is 1080. The van der Waals surface area contributed by atoms with Crippen LogP contribution in [0.2, 0.25) is 10.0 Å². The Morgan fingerprint density at radius 3 is 2.62 bits per heavy atom. The zero-order valence-corrected chi connectivity index (χ0v) is 18.3. The molecule has 1 atom stereocenters. The van der Waals surface area contributed by atoms with Crippen LogP contribution in [-0.2, 0) is 10.8 Å². The average Bonchev–Trinajstić information content (AvgIpc) is 3.06. The Balaban J connectivity index is 1.84. The van der Waals surface area contributed by atoms with E-state index in [-0.39, 0.29) is 32.1 Å². The molecule has 9 heteroatoms. The van der Waals surface area contributed by atoms with Crippen molar-refractivity contribution < 1.29 is 9.00 Å². The summed E-state index contributed by atoms with van der Waals surface area (Å²) >= 11 is 13.4. The van der Waals surface area contributed by atoms with E-state index in [1.54, 1.807) is 42.5 Å². The SMILES string of the molecule is C=CCCS(=O)c1cccc(Nc2nc(N)c(C(=O)c3c(Cl)cccc3Cl)s2)c1. The number of rotatable bonds is 8. The van der Waals surface area contributed by atoms with Gasteiger partial charge >= 0.3 is 0 Å². The summed E-state index contributed by atoms with van der Waals surface area (Å²) < 4.78 is 12.3. The van der Waals surface area contributed by atoms with E-state index < -0.39 is 10.8 Å². The van der Waals surface area contributed by atoms with Crippen LogP contribution in [0.4, 0.5) is 16.6 Å². The van der Waals surface area contributed by atoms with Gasteiger partial charge in [0.15, 0.2) is 5.13 Å². The van der Waals surface area contributed by atoms with Gasteiger partial charge in [0, 0.05) is 16.3 Å². The first-order valence-electron chi connectivity index (χ1n) is 8.52. The lowest BCUT2D eigenvalue weighted by atomic mass is 10.1. The monoisotopic (exact) mass is 465 g/mol. The molecular weight excluding hydrogens is 449 g/mol. The molecule has 3 aromatic rings. The highest BCUT2D eigenvalue weighted by Crippen LogP contribution is 2.34. The van der Waals surface area contributed by atoms with E-state index >= 15 is 0 Å². The minimum Gasteiger partial charge on any atom is -0.382 e. The molecule has 0 aliphatic carbocycles. The van der Waals surface area contributed by atoms with E-state index in [0.29, 0.717) is 27.9 Å². The van der Waals surface area contributed by atoms with Crippen molar-refractivity contribution in [2.45, 2.75) is 11.3 Å². The second-order valence-electron chi connectivity index (χ2n) is 5.94. The predicted octanol–water partition coefficient (Wildman–Crippen LogP) is 5.69. The topological polar surface area (TPSA) is 85.1 Å². The first-order chi connectivity index (χ1) is 13.9. The second kappa shape index (κ2) is 9.54. The normalized spacial score (nSPS) is 11.8. The third kappa shape index (κ3) is 5.05. The number of nitrogens with one attached hydrogen (secondary N) is 1. The van der Waals surface area contributed by atoms with Crippen molar-refractivity contribution in [2.75, 3.05) is 16.8 Å². The number of benzene rings is 2. The summed E-state index contributed by atoms with van der Waals surface area (Å²) in [5, 5.41) is 4.04. The zero-order chi connectivity index (χ0) is 21.0. The highest BCUT2D eigenvalue weighted by Gasteiger charge is 2.22. The number of halogens is 2. The van der Waals surface area contributed by atoms with Crippen LogP contribution >= 0.6 is 34.5 Å². The maximum atomic E-state index is 12.9. The van der Waals surface area contributed by atoms with Crippen molar-refractivity contribution in [2.24, 2.45) is 0 Å². The third-order valence-electron chi connectivity index (χ3n) is 3.90. The second-order valence-corrected chi connectivity index (χ2v) is 9.32. The van der Waals surface area contributed by atoms with Crippen LogP contribution in [-0.4, -0.2) is 20.7 Å². The maximum absolute atomic E-state index is 12.9. The molecule has 3 N–H and O–H groups in total. The van der Waals surface area contributed by atoms with Crippen LogP contribution < -0.4 is 11.1 Å². The van der Waals surface area contributed by atoms with Gasteiger partial charge < -0.3 is 11.1 Å². The highest BCUT2D eigenvalue weighted by molar-refractivity contribution is 7.85. The first-order valence-corrected chi connectivity index (χ1v) is 11.4. The molecule has 0 bridgehead atoms. The van der Waals surface area contributed by atoms with Gasteiger partial charge in [-0.2, -0.15) is 0 Å². The molecule has 29 heavy (non-hydrogen) atoms. The van der Waals surface area contributed by atoms with E-state index in [4.69, 9.17) is 28.9 Å². The van der Waals surface area contributed by atoms with E-state index in [2.05, 4.69) is 16.9 Å². The summed E-state index contributed by atoms with van der Waals surface area (Å²) in [7, 11) is -1.12. The smallest absolute Gasteiger partial charge is 0.209 e. The van der Waals surface area contributed by atoms with Crippen LogP contribution in [0.5, 0.6) is 0 Å². The fourth-order valence-corrected chi connectivity index (χ4v) is 5.05. The molecule has 0 aliphatic rings. The Kier molecular flexibility index (Phi) is 7.08. The van der Waals surface area contributed by atoms with Crippen LogP contribution in [0.15, 0.2) is 60.0 Å². The van der Waals surface area contributed by atoms with Crippen LogP contribution in [0.1, 0.15) is 21.7 Å². The molecule has 150 valence electrons. The molecule has 0 aliphatic heterocycles. The molecule has 1 aromatic heterocycles. The number of allylic oxidation sites excluding steroid dienone is 1. The Morgan fingerprint density at radius 1 is 1.24 bits per heavy atom. The minimum absolute atomic E-state index is 0.0872. The minimum atomic E-state index is -1.12. The Hall–Kier alpha value is -2.19. The van der Waals surface area contributed by atoms with E-state index in [1.165, 1.54) is 0 Å². The Morgan fingerprint density at radius 2 is 1.93 bits per heavy atom. The maximum Gasteiger partial charge on any atom is 0.209 e. The fraction of sp³-hybridized carbons (Fsp3) is 0.100. The number of carbonyl (C=O) groups excluding carboxylic acids is 1. The van der Waals surface area contributed by atoms with Gasteiger partial charge in [-0.25, -0.2) is 4.98 Å². The lowest BCUT2D eigenvalue weighted by molar-refractivity contribution is 0.104. The van der Waals surface area contributed by atoms with E-state index in [1.807, 2.05) is 6.07 Å². The number of anilines is 3. The molecule has 0 radical (unpaired) electrons. The van der Waals surface area contributed by atoms with Crippen molar-refractivity contribution in [3.05, 3.63) is 75.6 Å². The van der Waals surface area contributed by atoms with Gasteiger partial charge in [0.1, 0.15) is 10.7 Å². The fourth-order valence-electron chi connectivity index (χ4n) is 2.52. The molecule has 0 fully saturated rings. The van der Waals surface area contributed by atoms with Gasteiger partial charge in [0.05, 0.1) is 26.4 Å². The van der Waals surface area contributed by atoms with Crippen molar-refractivity contribution in [3.8, 4) is 0 Å². The highest BCUT2D eigenvalue weighted by atomic mass is 35.5. The van der Waals surface area contributed by atoms with Gasteiger partial charge in [-0.15, -0.1) is 6.58 Å². The number of ketones is 1. The molecule has 3 rings (SSSR count). The molecule has 1 heterocycles. The average molecular weight is 466 g/mol. The van der Waals surface area contributed by atoms with E-state index in [0.717, 1.165) is 11.3 Å². The quantitative estimate of drug-likeness (QED) is 0.329. The molecule has 0 amide bonds. The lowest BCUT2D eigenvalue weighted by Crippen LogP contribution is -2.04. The Labute approximate surface area is 185 Å². The molecule has 2 aromatic carbocycles. The van der Waals surface area contributed by atoms with Crippen LogP contribution in [0.3, 0.4) is 0 Å². The molecule has 0 saturated carbocycles. The molecule has 1 unspecified atom stereocenters. The van der Waals surface area contributed by atoms with Crippen molar-refractivity contribution >= 4 is 67.8 Å². The summed E-state index contributed by atoms with van der Waals surface area (Å²) in [5.41, 5.74) is 6.85. The number of nitrogen functional groups attached to an aromatic ring is 1. The summed E-state index contributed by atoms with van der Waals surface area (Å²) in [6.07, 6.45) is 2.41. The molecular formula is C20H17Cl2N3O2S2. The number of nitrogens with two attached hydrogens (primary N) is 1. The number of carbonyl (C=O) groups is 1. The number of thiazole rings is 1. The van der Waals surface area contributed by atoms with Gasteiger partial charge in [0.25, 0.3) is 0 Å². The van der Waals surface area contributed by atoms with Gasteiger partial charge in [-0.3, -0.25) is 9.00 Å². The van der Waals surface area contributed by atoms with E-state index in [9.17, 15) is 9.00 Å². The van der Waals surface area contributed by atoms with Gasteiger partial charge in [-0.05, 0) is 36.8 Å². The number of hydrogen-bond donors (Lipinski definition) is 2. The zero-order valence-electron chi connectivity index (χ0n) is 15.2. The molecule has 0 saturated heterocycles. The summed E-state index contributed by atoms with van der Waals surface area (Å²) in [6, 6.07) is 12.0. The number of hydrogen-bond acceptors (Lipinski definition) is 6. The third-order valence-corrected chi connectivity index (χ3v) is 6.91. The van der Waals surface area contributed by atoms with Crippen LogP contribution in [0, 0.1) is 0 Å². The largest absolute Gasteiger partial charge is 0.382 e. The lowest BCUT2D eigenvalue weighted by Gasteiger charge is -2.06. The summed E-state index contributed by atoms with van der Waals surface area (Å²) in [5.74, 6) is 0.209. The molecule has 0 spiro atoms. The van der Waals surface area contributed by atoms with Crippen LogP contribution in [0.25, 0.3) is 0 Å². The molecule has 5 nitrogen and oxygen atoms in total. The number of aromatic nitrogens is 1. The summed E-state index contributed by atoms with van der Waals surface area (Å²) in [6.45, 7) is 3.65. The van der Waals surface area contributed by atoms with Crippen molar-refractivity contribution in [1.29, 1.82) is 0 Å².